The summed E-state index contributed by atoms with van der Waals surface area (Å²) in [7, 11) is 0. The molecule has 6 N–H and O–H groups in total. The van der Waals surface area contributed by atoms with Gasteiger partial charge in [0.2, 0.25) is 11.8 Å². The Bertz CT molecular complexity index is 1590. The number of nitrogens with one attached hydrogen (secondary N) is 1. The number of hydrogen-bond acceptors (Lipinski definition) is 11. The number of ether oxygens (including phenoxy) is 1. The number of aliphatic carboxylic acids is 4. The number of anilines is 1. The van der Waals surface area contributed by atoms with Gasteiger partial charge in [-0.05, 0) is 30.7 Å². The van der Waals surface area contributed by atoms with Crippen LogP contribution >= 0.6 is 0 Å². The summed E-state index contributed by atoms with van der Waals surface area (Å²) in [5.41, 5.74) is 0.403. The molecule has 0 saturated heterocycles. The minimum atomic E-state index is -2.23. The molecule has 0 aliphatic rings. The Morgan fingerprint density at radius 2 is 1.16 bits per heavy atom. The topological polar surface area (TPSA) is 287 Å². The predicted molar refractivity (Wildman–Crippen MR) is 173 cm³/mol. The van der Waals surface area contributed by atoms with Crippen LogP contribution in [-0.4, -0.2) is 138 Å². The van der Waals surface area contributed by atoms with Crippen LogP contribution in [0.4, 0.5) is 5.69 Å². The van der Waals surface area contributed by atoms with Gasteiger partial charge in [0.1, 0.15) is 56.7 Å². The van der Waals surface area contributed by atoms with E-state index in [0.717, 1.165) is 0 Å². The van der Waals surface area contributed by atoms with Crippen LogP contribution in [0.25, 0.3) is 0 Å². The van der Waals surface area contributed by atoms with E-state index in [4.69, 9.17) is 29.7 Å². The quantitative estimate of drug-likeness (QED) is 0.0508. The number of benzene rings is 1. The van der Waals surface area contributed by atoms with Crippen molar-refractivity contribution in [2.24, 2.45) is 0 Å². The maximum absolute atomic E-state index is 12.9. The first-order chi connectivity index (χ1) is 24.2. The third-order valence-electron chi connectivity index (χ3n) is 6.90. The highest BCUT2D eigenvalue weighted by Gasteiger charge is 2.23. The minimum Gasteiger partial charge on any atom is -0.494 e. The van der Waals surface area contributed by atoms with Gasteiger partial charge in [-0.15, -0.1) is 0 Å². The van der Waals surface area contributed by atoms with Gasteiger partial charge in [-0.25, -0.2) is 14.2 Å². The molecule has 2 amide bonds. The lowest BCUT2D eigenvalue weighted by molar-refractivity contribution is -0.150. The predicted octanol–water partition coefficient (Wildman–Crippen LogP) is -0.905. The number of carboxylic acid groups (broad SMARTS) is 4. The van der Waals surface area contributed by atoms with Crippen molar-refractivity contribution in [2.75, 3.05) is 44.1 Å². The summed E-state index contributed by atoms with van der Waals surface area (Å²) in [6, 6.07) is 6.31. The van der Waals surface area contributed by atoms with Crippen molar-refractivity contribution in [1.82, 2.24) is 33.8 Å². The largest absolute Gasteiger partial charge is 0.494 e. The highest BCUT2D eigenvalue weighted by atomic mass is 32.2. The Morgan fingerprint density at radius 3 is 1.55 bits per heavy atom. The van der Waals surface area contributed by atoms with Crippen molar-refractivity contribution < 1.29 is 62.7 Å². The van der Waals surface area contributed by atoms with Gasteiger partial charge < -0.3 is 44.1 Å². The number of nitrogens with zero attached hydrogens (tertiary/aromatic N) is 7. The molecule has 1 unspecified atom stereocenters. The number of carbonyl (C=O) groups excluding carboxylic acids is 2. The first-order valence-corrected chi connectivity index (χ1v) is 16.1. The standard InChI is InChI=1S/C29H36N8O13S/c38-24(36(16-26(40)41)17-27(42)43)14-34-9-6-30-22(34)12-33(8-1-11-50-21-4-2-20(3-5-21)32-51(48)49)13-23-31-7-10-35(23)15-25(39)37(18-28(44)45)19-29(46)47/h2-7,9-10,32H,1,8,11-19H2,(H,40,41)(H,42,43)(H,44,45)(H,46,47)(H,48,49). The molecule has 0 radical (unpaired) electrons. The van der Waals surface area contributed by atoms with E-state index in [1.165, 1.54) is 33.9 Å². The van der Waals surface area contributed by atoms with Crippen molar-refractivity contribution in [3.63, 3.8) is 0 Å². The second-order valence-electron chi connectivity index (χ2n) is 10.8. The van der Waals surface area contributed by atoms with Crippen molar-refractivity contribution in [2.45, 2.75) is 32.6 Å². The summed E-state index contributed by atoms with van der Waals surface area (Å²) in [4.78, 5) is 82.5. The molecule has 22 heteroatoms. The van der Waals surface area contributed by atoms with Crippen LogP contribution in [0.15, 0.2) is 49.1 Å². The Morgan fingerprint density at radius 1 is 0.725 bits per heavy atom. The van der Waals surface area contributed by atoms with Gasteiger partial charge in [-0.1, -0.05) is 0 Å². The zero-order valence-corrected chi connectivity index (χ0v) is 27.8. The second kappa shape index (κ2) is 19.4. The number of amides is 2. The van der Waals surface area contributed by atoms with E-state index in [1.807, 2.05) is 4.90 Å². The molecule has 0 fully saturated rings. The summed E-state index contributed by atoms with van der Waals surface area (Å²) in [6.45, 7) is -3.38. The molecule has 2 aromatic heterocycles. The van der Waals surface area contributed by atoms with E-state index in [2.05, 4.69) is 14.7 Å². The van der Waals surface area contributed by atoms with Crippen LogP contribution in [0.5, 0.6) is 5.75 Å². The highest BCUT2D eigenvalue weighted by molar-refractivity contribution is 7.80. The fourth-order valence-electron chi connectivity index (χ4n) is 4.69. The SMILES string of the molecule is O=C(O)CN(CC(=O)O)C(=O)Cn1ccnc1CN(CCCOc1ccc(NS(=O)O)cc1)Cc1nccn1CC(=O)N(CC(=O)O)CC(=O)O. The molecule has 0 aliphatic carbocycles. The first-order valence-electron chi connectivity index (χ1n) is 15.0. The molecule has 1 aromatic carbocycles. The van der Waals surface area contributed by atoms with Crippen LogP contribution in [0.1, 0.15) is 18.1 Å². The fourth-order valence-corrected chi connectivity index (χ4v) is 5.03. The Kier molecular flexibility index (Phi) is 15.0. The molecule has 1 atom stereocenters. The minimum absolute atomic E-state index is 0.0851. The van der Waals surface area contributed by atoms with Crippen molar-refractivity contribution in [3.05, 3.63) is 60.7 Å². The van der Waals surface area contributed by atoms with Crippen LogP contribution in [0, 0.1) is 0 Å². The average Bonchev–Trinajstić information content (AvgIpc) is 3.66. The maximum Gasteiger partial charge on any atom is 0.323 e. The van der Waals surface area contributed by atoms with E-state index in [0.29, 0.717) is 45.9 Å². The van der Waals surface area contributed by atoms with Gasteiger partial charge in [0.25, 0.3) is 11.3 Å². The molecule has 0 bridgehead atoms. The Balaban J connectivity index is 1.77. The number of carboxylic acids is 4. The third-order valence-corrected chi connectivity index (χ3v) is 7.31. The van der Waals surface area contributed by atoms with Gasteiger partial charge in [0.05, 0.1) is 19.7 Å². The van der Waals surface area contributed by atoms with Crippen molar-refractivity contribution >= 4 is 52.6 Å². The van der Waals surface area contributed by atoms with Crippen LogP contribution in [-0.2, 0) is 66.2 Å². The van der Waals surface area contributed by atoms with E-state index in [9.17, 15) is 33.0 Å². The molecular formula is C29H36N8O13S. The fraction of sp³-hybridized carbons (Fsp3) is 0.379. The van der Waals surface area contributed by atoms with E-state index in [-0.39, 0.29) is 19.7 Å². The smallest absolute Gasteiger partial charge is 0.323 e. The number of aromatic nitrogens is 4. The molecule has 276 valence electrons. The van der Waals surface area contributed by atoms with Crippen LogP contribution < -0.4 is 9.46 Å². The average molecular weight is 737 g/mol. The summed E-state index contributed by atoms with van der Waals surface area (Å²) in [5, 5.41) is 36.6. The molecule has 51 heavy (non-hydrogen) atoms. The number of carbonyl (C=O) groups is 6. The second-order valence-corrected chi connectivity index (χ2v) is 11.5. The summed E-state index contributed by atoms with van der Waals surface area (Å²) < 4.78 is 30.9. The summed E-state index contributed by atoms with van der Waals surface area (Å²) in [5.74, 6) is -5.91. The van der Waals surface area contributed by atoms with Crippen molar-refractivity contribution in [1.29, 1.82) is 0 Å². The molecule has 0 aliphatic heterocycles. The lowest BCUT2D eigenvalue weighted by Gasteiger charge is -2.24. The molecule has 21 nitrogen and oxygen atoms in total. The number of imidazole rings is 2. The molecule has 3 rings (SSSR count). The molecule has 0 spiro atoms. The van der Waals surface area contributed by atoms with Crippen molar-refractivity contribution in [3.8, 4) is 5.75 Å². The zero-order chi connectivity index (χ0) is 37.5. The zero-order valence-electron chi connectivity index (χ0n) is 26.9. The van der Waals surface area contributed by atoms with Gasteiger partial charge in [-0.2, -0.15) is 0 Å². The van der Waals surface area contributed by atoms with Crippen LogP contribution in [0.3, 0.4) is 0 Å². The number of hydrogen-bond donors (Lipinski definition) is 6. The van der Waals surface area contributed by atoms with E-state index >= 15 is 0 Å². The molecule has 0 saturated carbocycles. The lowest BCUT2D eigenvalue weighted by Crippen LogP contribution is -2.41. The Hall–Kier alpha value is -5.87. The van der Waals surface area contributed by atoms with Gasteiger partial charge >= 0.3 is 23.9 Å². The normalized spacial score (nSPS) is 11.5. The first kappa shape index (κ1) is 39.6. The maximum atomic E-state index is 12.9. The molecule has 3 aromatic rings. The summed E-state index contributed by atoms with van der Waals surface area (Å²) >= 11 is -2.23. The van der Waals surface area contributed by atoms with E-state index < -0.39 is 86.2 Å². The third kappa shape index (κ3) is 13.9. The van der Waals surface area contributed by atoms with Gasteiger partial charge in [0, 0.05) is 37.0 Å². The lowest BCUT2D eigenvalue weighted by atomic mass is 10.3. The number of rotatable bonds is 23. The van der Waals surface area contributed by atoms with Gasteiger partial charge in [-0.3, -0.25) is 42.9 Å². The Labute approximate surface area is 292 Å². The van der Waals surface area contributed by atoms with Gasteiger partial charge in [0.15, 0.2) is 0 Å². The van der Waals surface area contributed by atoms with Crippen LogP contribution in [0.2, 0.25) is 0 Å². The molecule has 2 heterocycles. The summed E-state index contributed by atoms with van der Waals surface area (Å²) in [6.07, 6.45) is 6.19. The highest BCUT2D eigenvalue weighted by Crippen LogP contribution is 2.17. The monoisotopic (exact) mass is 736 g/mol. The molecular weight excluding hydrogens is 700 g/mol. The van der Waals surface area contributed by atoms with E-state index in [1.54, 1.807) is 24.3 Å².